The molecular weight excluding hydrogens is 204 g/mol. The van der Waals surface area contributed by atoms with E-state index in [0.717, 1.165) is 12.1 Å². The molecule has 1 aromatic carbocycles. The molecule has 1 aromatic rings. The summed E-state index contributed by atoms with van der Waals surface area (Å²) in [7, 11) is 0. The van der Waals surface area contributed by atoms with Crippen molar-refractivity contribution in [2.45, 2.75) is 12.3 Å². The average Bonchev–Trinajstić information content (AvgIpc) is 2.16. The van der Waals surface area contributed by atoms with E-state index in [4.69, 9.17) is 10.4 Å². The normalized spacial score (nSPS) is 10.7. The minimum Gasteiger partial charge on any atom is -0.481 e. The molecule has 0 saturated heterocycles. The van der Waals surface area contributed by atoms with Crippen LogP contribution in [0, 0.1) is 11.3 Å². The van der Waals surface area contributed by atoms with Crippen LogP contribution in [0.1, 0.15) is 17.5 Å². The van der Waals surface area contributed by atoms with Crippen LogP contribution in [0.4, 0.5) is 8.78 Å². The third kappa shape index (κ3) is 2.74. The molecule has 15 heavy (non-hydrogen) atoms. The number of halogens is 2. The van der Waals surface area contributed by atoms with E-state index in [1.54, 1.807) is 6.07 Å². The number of nitriles is 1. The Morgan fingerprint density at radius 1 is 1.53 bits per heavy atom. The molecule has 0 aliphatic heterocycles. The van der Waals surface area contributed by atoms with Crippen molar-refractivity contribution in [3.63, 3.8) is 0 Å². The Hall–Kier alpha value is -1.96. The highest BCUT2D eigenvalue weighted by Crippen LogP contribution is 2.31. The number of nitrogens with zero attached hydrogens (tertiary/aromatic N) is 1. The molecule has 0 amide bonds. The molecule has 0 aliphatic rings. The molecule has 0 saturated carbocycles. The smallest absolute Gasteiger partial charge is 0.309 e. The Kier molecular flexibility index (Phi) is 3.00. The lowest BCUT2D eigenvalue weighted by molar-refractivity contribution is -0.145. The summed E-state index contributed by atoms with van der Waals surface area (Å²) < 4.78 is 26.5. The molecule has 1 N–H and O–H groups in total. The molecule has 0 aromatic heterocycles. The molecule has 0 bridgehead atoms. The van der Waals surface area contributed by atoms with Crippen molar-refractivity contribution in [1.29, 1.82) is 5.26 Å². The fourth-order valence-electron chi connectivity index (χ4n) is 1.11. The molecular formula is C10H7F2NO2. The van der Waals surface area contributed by atoms with Gasteiger partial charge in [-0.05, 0) is 12.1 Å². The fourth-order valence-corrected chi connectivity index (χ4v) is 1.11. The first kappa shape index (κ1) is 11.1. The molecule has 5 heteroatoms. The number of hydrogen-bond donors (Lipinski definition) is 1. The van der Waals surface area contributed by atoms with Crippen LogP contribution in [0.25, 0.3) is 0 Å². The van der Waals surface area contributed by atoms with E-state index in [9.17, 15) is 13.6 Å². The van der Waals surface area contributed by atoms with Gasteiger partial charge in [0.15, 0.2) is 0 Å². The Morgan fingerprint density at radius 3 is 2.73 bits per heavy atom. The Bertz CT molecular complexity index is 424. The van der Waals surface area contributed by atoms with Gasteiger partial charge in [0.2, 0.25) is 0 Å². The Morgan fingerprint density at radius 2 is 2.20 bits per heavy atom. The number of carbonyl (C=O) groups is 1. The topological polar surface area (TPSA) is 61.1 Å². The zero-order valence-electron chi connectivity index (χ0n) is 7.58. The van der Waals surface area contributed by atoms with Crippen LogP contribution in [-0.4, -0.2) is 11.1 Å². The molecule has 0 aliphatic carbocycles. The summed E-state index contributed by atoms with van der Waals surface area (Å²) in [6.07, 6.45) is -1.28. The van der Waals surface area contributed by atoms with Gasteiger partial charge in [0.1, 0.15) is 6.42 Å². The van der Waals surface area contributed by atoms with E-state index >= 15 is 0 Å². The standard InChI is InChI=1S/C10H7F2NO2/c11-10(12,5-9(14)15)8-3-1-2-7(4-8)6-13/h1-4H,5H2,(H,14,15). The molecule has 1 rings (SSSR count). The van der Waals surface area contributed by atoms with Crippen molar-refractivity contribution in [2.75, 3.05) is 0 Å². The highest BCUT2D eigenvalue weighted by atomic mass is 19.3. The minimum atomic E-state index is -3.45. The molecule has 0 spiro atoms. The van der Waals surface area contributed by atoms with Gasteiger partial charge in [0.25, 0.3) is 5.92 Å². The van der Waals surface area contributed by atoms with E-state index in [1.165, 1.54) is 12.1 Å². The highest BCUT2D eigenvalue weighted by Gasteiger charge is 2.34. The van der Waals surface area contributed by atoms with Crippen LogP contribution in [0.2, 0.25) is 0 Å². The zero-order valence-corrected chi connectivity index (χ0v) is 7.58. The predicted octanol–water partition coefficient (Wildman–Crippen LogP) is 2.12. The SMILES string of the molecule is N#Cc1cccc(C(F)(F)CC(=O)O)c1. The van der Waals surface area contributed by atoms with E-state index in [1.807, 2.05) is 0 Å². The van der Waals surface area contributed by atoms with Crippen molar-refractivity contribution in [3.8, 4) is 6.07 Å². The zero-order chi connectivity index (χ0) is 11.5. The van der Waals surface area contributed by atoms with E-state index in [-0.39, 0.29) is 5.56 Å². The van der Waals surface area contributed by atoms with E-state index < -0.39 is 23.9 Å². The predicted molar refractivity (Wildman–Crippen MR) is 47.3 cm³/mol. The number of aliphatic carboxylic acids is 1. The van der Waals surface area contributed by atoms with Gasteiger partial charge in [-0.15, -0.1) is 0 Å². The van der Waals surface area contributed by atoms with Gasteiger partial charge in [0, 0.05) is 5.56 Å². The first-order valence-corrected chi connectivity index (χ1v) is 4.06. The summed E-state index contributed by atoms with van der Waals surface area (Å²) in [5.41, 5.74) is -0.374. The van der Waals surface area contributed by atoms with Crippen molar-refractivity contribution < 1.29 is 18.7 Å². The Labute approximate surface area is 84.6 Å². The summed E-state index contributed by atoms with van der Waals surface area (Å²) in [5.74, 6) is -5.03. The van der Waals surface area contributed by atoms with Crippen molar-refractivity contribution in [1.82, 2.24) is 0 Å². The van der Waals surface area contributed by atoms with Crippen LogP contribution in [0.15, 0.2) is 24.3 Å². The third-order valence-electron chi connectivity index (χ3n) is 1.79. The first-order chi connectivity index (χ1) is 6.95. The Balaban J connectivity index is 3.04. The second kappa shape index (κ2) is 4.05. The molecule has 0 unspecified atom stereocenters. The van der Waals surface area contributed by atoms with Crippen LogP contribution in [-0.2, 0) is 10.7 Å². The largest absolute Gasteiger partial charge is 0.481 e. The lowest BCUT2D eigenvalue weighted by Crippen LogP contribution is -2.18. The van der Waals surface area contributed by atoms with Crippen molar-refractivity contribution >= 4 is 5.97 Å². The van der Waals surface area contributed by atoms with Gasteiger partial charge in [-0.25, -0.2) is 8.78 Å². The maximum atomic E-state index is 13.2. The van der Waals surface area contributed by atoms with Crippen molar-refractivity contribution in [3.05, 3.63) is 35.4 Å². The average molecular weight is 211 g/mol. The molecule has 3 nitrogen and oxygen atoms in total. The number of rotatable bonds is 3. The molecule has 0 atom stereocenters. The maximum Gasteiger partial charge on any atom is 0.309 e. The second-order valence-electron chi connectivity index (χ2n) is 2.97. The number of alkyl halides is 2. The van der Waals surface area contributed by atoms with Gasteiger partial charge in [-0.1, -0.05) is 12.1 Å². The highest BCUT2D eigenvalue weighted by molar-refractivity contribution is 5.68. The summed E-state index contributed by atoms with van der Waals surface area (Å²) in [5, 5.41) is 16.8. The summed E-state index contributed by atoms with van der Waals surface area (Å²) in [6, 6.07) is 6.47. The van der Waals surface area contributed by atoms with Gasteiger partial charge >= 0.3 is 5.97 Å². The number of carboxylic acid groups (broad SMARTS) is 1. The molecule has 78 valence electrons. The second-order valence-corrected chi connectivity index (χ2v) is 2.97. The van der Waals surface area contributed by atoms with E-state index in [2.05, 4.69) is 0 Å². The lowest BCUT2D eigenvalue weighted by atomic mass is 10.0. The van der Waals surface area contributed by atoms with Gasteiger partial charge in [-0.2, -0.15) is 5.26 Å². The summed E-state index contributed by atoms with van der Waals surface area (Å²) in [4.78, 5) is 10.2. The first-order valence-electron chi connectivity index (χ1n) is 4.06. The van der Waals surface area contributed by atoms with Gasteiger partial charge < -0.3 is 5.11 Å². The van der Waals surface area contributed by atoms with Crippen LogP contribution < -0.4 is 0 Å². The lowest BCUT2D eigenvalue weighted by Gasteiger charge is -2.14. The monoisotopic (exact) mass is 211 g/mol. The summed E-state index contributed by atoms with van der Waals surface area (Å²) >= 11 is 0. The quantitative estimate of drug-likeness (QED) is 0.832. The number of benzene rings is 1. The van der Waals surface area contributed by atoms with E-state index in [0.29, 0.717) is 0 Å². The fraction of sp³-hybridized carbons (Fsp3) is 0.200. The number of carboxylic acids is 1. The number of hydrogen-bond acceptors (Lipinski definition) is 2. The summed E-state index contributed by atoms with van der Waals surface area (Å²) in [6.45, 7) is 0. The van der Waals surface area contributed by atoms with Crippen molar-refractivity contribution in [2.24, 2.45) is 0 Å². The maximum absolute atomic E-state index is 13.2. The van der Waals surface area contributed by atoms with Crippen LogP contribution >= 0.6 is 0 Å². The molecule has 0 fully saturated rings. The van der Waals surface area contributed by atoms with Gasteiger partial charge in [-0.3, -0.25) is 4.79 Å². The minimum absolute atomic E-state index is 0.0811. The molecule has 0 radical (unpaired) electrons. The van der Waals surface area contributed by atoms with Crippen LogP contribution in [0.3, 0.4) is 0 Å². The molecule has 0 heterocycles. The van der Waals surface area contributed by atoms with Crippen LogP contribution in [0.5, 0.6) is 0 Å². The van der Waals surface area contributed by atoms with Gasteiger partial charge in [0.05, 0.1) is 11.6 Å². The third-order valence-corrected chi connectivity index (χ3v) is 1.79.